The van der Waals surface area contributed by atoms with Gasteiger partial charge < -0.3 is 4.74 Å². The van der Waals surface area contributed by atoms with Crippen molar-refractivity contribution in [1.29, 1.82) is 0 Å². The number of unbranched alkanes of at least 4 members (excludes halogenated alkanes) is 2. The molecule has 0 aromatic heterocycles. The van der Waals surface area contributed by atoms with Gasteiger partial charge in [0, 0.05) is 7.11 Å². The Morgan fingerprint density at radius 3 is 2.45 bits per heavy atom. The fourth-order valence-corrected chi connectivity index (χ4v) is 2.12. The summed E-state index contributed by atoms with van der Waals surface area (Å²) in [5.41, 5.74) is 0.778. The smallest absolute Gasteiger partial charge is 0.383 e. The highest BCUT2D eigenvalue weighted by Gasteiger charge is 2.39. The highest BCUT2D eigenvalue weighted by molar-refractivity contribution is 5.20. The molecule has 0 aliphatic rings. The number of ether oxygens (including phenoxy) is 1. The molecule has 124 valence electrons. The number of methoxy groups -OCH3 is 1. The highest BCUT2D eigenvalue weighted by Crippen LogP contribution is 2.25. The summed E-state index contributed by atoms with van der Waals surface area (Å²) in [5, 5.41) is 2.65. The Balaban J connectivity index is 2.82. The summed E-state index contributed by atoms with van der Waals surface area (Å²) in [7, 11) is 1.48. The maximum absolute atomic E-state index is 13.2. The summed E-state index contributed by atoms with van der Waals surface area (Å²) in [6.07, 6.45) is 0.991. The van der Waals surface area contributed by atoms with Gasteiger partial charge in [-0.05, 0) is 12.0 Å². The zero-order valence-electron chi connectivity index (χ0n) is 13.1. The fraction of sp³-hybridized carbons (Fsp3) is 0.529. The number of halogens is 3. The first kappa shape index (κ1) is 18.7. The van der Waals surface area contributed by atoms with E-state index in [1.54, 1.807) is 30.3 Å². The molecule has 0 aliphatic carbocycles. The van der Waals surface area contributed by atoms with Gasteiger partial charge in [0.25, 0.3) is 0 Å². The van der Waals surface area contributed by atoms with Crippen LogP contribution in [-0.4, -0.2) is 25.9 Å². The van der Waals surface area contributed by atoms with Gasteiger partial charge in [0.15, 0.2) is 0 Å². The molecule has 0 amide bonds. The molecule has 1 rings (SSSR count). The third-order valence-corrected chi connectivity index (χ3v) is 3.32. The van der Waals surface area contributed by atoms with Crippen LogP contribution < -0.4 is 5.32 Å². The Morgan fingerprint density at radius 1 is 1.23 bits per heavy atom. The van der Waals surface area contributed by atoms with Gasteiger partial charge in [-0.3, -0.25) is 5.32 Å². The zero-order chi connectivity index (χ0) is 16.4. The molecule has 5 heteroatoms. The van der Waals surface area contributed by atoms with Crippen molar-refractivity contribution in [2.45, 2.75) is 44.4 Å². The van der Waals surface area contributed by atoms with Gasteiger partial charge in [0.1, 0.15) is 6.04 Å². The first-order valence-corrected chi connectivity index (χ1v) is 7.52. The molecule has 0 aliphatic heterocycles. The van der Waals surface area contributed by atoms with Crippen LogP contribution in [0.4, 0.5) is 13.2 Å². The van der Waals surface area contributed by atoms with Crippen LogP contribution >= 0.6 is 0 Å². The van der Waals surface area contributed by atoms with Crippen LogP contribution in [0.5, 0.6) is 0 Å². The molecule has 1 aromatic carbocycles. The average Bonchev–Trinajstić information content (AvgIpc) is 2.49. The molecule has 2 nitrogen and oxygen atoms in total. The predicted octanol–water partition coefficient (Wildman–Crippen LogP) is 4.64. The molecule has 2 atom stereocenters. The van der Waals surface area contributed by atoms with E-state index in [0.29, 0.717) is 6.42 Å². The predicted molar refractivity (Wildman–Crippen MR) is 82.7 cm³/mol. The van der Waals surface area contributed by atoms with Crippen LogP contribution in [0.25, 0.3) is 0 Å². The normalized spacial score (nSPS) is 15.1. The summed E-state index contributed by atoms with van der Waals surface area (Å²) in [4.78, 5) is 0. The first-order chi connectivity index (χ1) is 10.5. The van der Waals surface area contributed by atoms with Crippen molar-refractivity contribution in [3.05, 3.63) is 48.0 Å². The van der Waals surface area contributed by atoms with Gasteiger partial charge in [-0.25, -0.2) is 0 Å². The maximum atomic E-state index is 13.2. The van der Waals surface area contributed by atoms with Crippen LogP contribution in [0, 0.1) is 0 Å². The van der Waals surface area contributed by atoms with E-state index < -0.39 is 18.3 Å². The molecule has 1 unspecified atom stereocenters. The fourth-order valence-electron chi connectivity index (χ4n) is 2.12. The zero-order valence-corrected chi connectivity index (χ0v) is 13.1. The van der Waals surface area contributed by atoms with Crippen molar-refractivity contribution in [1.82, 2.24) is 5.32 Å². The van der Waals surface area contributed by atoms with Gasteiger partial charge in [-0.2, -0.15) is 13.2 Å². The molecule has 1 aromatic rings. The van der Waals surface area contributed by atoms with Gasteiger partial charge in [0.05, 0.1) is 12.6 Å². The van der Waals surface area contributed by atoms with Crippen LogP contribution in [0.3, 0.4) is 0 Å². The number of benzene rings is 1. The maximum Gasteiger partial charge on any atom is 0.407 e. The Hall–Kier alpha value is -1.33. The van der Waals surface area contributed by atoms with E-state index in [0.717, 1.165) is 18.4 Å². The van der Waals surface area contributed by atoms with E-state index in [-0.39, 0.29) is 6.61 Å². The second kappa shape index (κ2) is 9.64. The van der Waals surface area contributed by atoms with Crippen LogP contribution in [-0.2, 0) is 4.74 Å². The van der Waals surface area contributed by atoms with Crippen molar-refractivity contribution in [2.24, 2.45) is 0 Å². The minimum absolute atomic E-state index is 0.180. The minimum Gasteiger partial charge on any atom is -0.383 e. The van der Waals surface area contributed by atoms with Crippen molar-refractivity contribution in [3.8, 4) is 0 Å². The van der Waals surface area contributed by atoms with Crippen molar-refractivity contribution < 1.29 is 17.9 Å². The van der Waals surface area contributed by atoms with Crippen LogP contribution in [0.15, 0.2) is 42.5 Å². The Kier molecular flexibility index (Phi) is 8.20. The molecule has 0 radical (unpaired) electrons. The molecule has 0 heterocycles. The van der Waals surface area contributed by atoms with E-state index in [9.17, 15) is 13.2 Å². The standard InChI is InChI=1S/C17H24F3NO/c1-3-4-5-9-12-16(17(18,19)20)21-15(13-22-2)14-10-7-6-8-11-14/h6-12,15-16,21H,3-5,13H2,1-2H3/b12-9-/t15-,16?/m0/s1. The van der Waals surface area contributed by atoms with Gasteiger partial charge in [-0.15, -0.1) is 0 Å². The van der Waals surface area contributed by atoms with E-state index >= 15 is 0 Å². The van der Waals surface area contributed by atoms with Crippen molar-refractivity contribution in [3.63, 3.8) is 0 Å². The minimum atomic E-state index is -4.33. The Morgan fingerprint density at radius 2 is 1.91 bits per heavy atom. The largest absolute Gasteiger partial charge is 0.407 e. The lowest BCUT2D eigenvalue weighted by molar-refractivity contribution is -0.147. The second-order valence-electron chi connectivity index (χ2n) is 5.17. The van der Waals surface area contributed by atoms with E-state index in [1.807, 2.05) is 13.0 Å². The highest BCUT2D eigenvalue weighted by atomic mass is 19.4. The third kappa shape index (κ3) is 6.62. The average molecular weight is 315 g/mol. The molecule has 0 bridgehead atoms. The topological polar surface area (TPSA) is 21.3 Å². The van der Waals surface area contributed by atoms with E-state index in [4.69, 9.17) is 4.74 Å². The van der Waals surface area contributed by atoms with E-state index in [2.05, 4.69) is 5.32 Å². The molecular formula is C17H24F3NO. The quantitative estimate of drug-likeness (QED) is 0.529. The Bertz CT molecular complexity index is 431. The van der Waals surface area contributed by atoms with Crippen molar-refractivity contribution >= 4 is 0 Å². The number of alkyl halides is 3. The lowest BCUT2D eigenvalue weighted by Gasteiger charge is -2.25. The molecule has 0 saturated carbocycles. The van der Waals surface area contributed by atoms with Crippen LogP contribution in [0.1, 0.15) is 37.8 Å². The Labute approximate surface area is 130 Å². The van der Waals surface area contributed by atoms with Crippen LogP contribution in [0.2, 0.25) is 0 Å². The van der Waals surface area contributed by atoms with Crippen molar-refractivity contribution in [2.75, 3.05) is 13.7 Å². The number of hydrogen-bond donors (Lipinski definition) is 1. The number of hydrogen-bond acceptors (Lipinski definition) is 2. The summed E-state index contributed by atoms with van der Waals surface area (Å²) in [6, 6.07) is 6.85. The summed E-state index contributed by atoms with van der Waals surface area (Å²) in [5.74, 6) is 0. The molecule has 0 spiro atoms. The lowest BCUT2D eigenvalue weighted by atomic mass is 10.1. The van der Waals surface area contributed by atoms with Gasteiger partial charge >= 0.3 is 6.18 Å². The molecular weight excluding hydrogens is 291 g/mol. The SMILES string of the molecule is CCCC/C=C\C(N[C@@H](COC)c1ccccc1)C(F)(F)F. The second-order valence-corrected chi connectivity index (χ2v) is 5.17. The number of rotatable bonds is 9. The first-order valence-electron chi connectivity index (χ1n) is 7.52. The lowest BCUT2D eigenvalue weighted by Crippen LogP contribution is -2.43. The molecule has 0 saturated heterocycles. The van der Waals surface area contributed by atoms with Gasteiger partial charge in [0.2, 0.25) is 0 Å². The number of nitrogens with one attached hydrogen (secondary N) is 1. The molecule has 0 fully saturated rings. The molecule has 22 heavy (non-hydrogen) atoms. The number of allylic oxidation sites excluding steroid dienone is 1. The third-order valence-electron chi connectivity index (χ3n) is 3.32. The molecule has 1 N–H and O–H groups in total. The summed E-state index contributed by atoms with van der Waals surface area (Å²) >= 11 is 0. The summed E-state index contributed by atoms with van der Waals surface area (Å²) < 4.78 is 44.6. The van der Waals surface area contributed by atoms with Gasteiger partial charge in [-0.1, -0.05) is 62.2 Å². The van der Waals surface area contributed by atoms with E-state index in [1.165, 1.54) is 13.2 Å². The summed E-state index contributed by atoms with van der Waals surface area (Å²) in [6.45, 7) is 2.19. The monoisotopic (exact) mass is 315 g/mol.